The van der Waals surface area contributed by atoms with E-state index in [9.17, 15) is 14.9 Å². The Morgan fingerprint density at radius 2 is 1.71 bits per heavy atom. The summed E-state index contributed by atoms with van der Waals surface area (Å²) in [5.41, 5.74) is 3.86. The molecule has 31 heavy (non-hydrogen) atoms. The predicted molar refractivity (Wildman–Crippen MR) is 120 cm³/mol. The highest BCUT2D eigenvalue weighted by molar-refractivity contribution is 6.02. The molecule has 1 atom stereocenters. The predicted octanol–water partition coefficient (Wildman–Crippen LogP) is 4.26. The van der Waals surface area contributed by atoms with Crippen molar-refractivity contribution in [1.29, 1.82) is 0 Å². The standard InChI is InChI=1S/C23H21N5O3/c1-26(2)18-13-9-17(10-14-18)22-25-21-6-4-3-5-20(21)23(29)27(22)24-15-16-7-11-19(12-8-16)28(30)31/h3-15,22,25H,1-2H3/b24-15+. The van der Waals surface area contributed by atoms with E-state index in [1.807, 2.05) is 61.5 Å². The lowest BCUT2D eigenvalue weighted by Crippen LogP contribution is -2.39. The van der Waals surface area contributed by atoms with E-state index in [0.717, 1.165) is 16.9 Å². The summed E-state index contributed by atoms with van der Waals surface area (Å²) in [7, 11) is 3.93. The fourth-order valence-corrected chi connectivity index (χ4v) is 3.35. The quantitative estimate of drug-likeness (QED) is 0.382. The molecular weight excluding hydrogens is 394 g/mol. The Balaban J connectivity index is 1.69. The van der Waals surface area contributed by atoms with Gasteiger partial charge in [0, 0.05) is 37.6 Å². The molecule has 1 unspecified atom stereocenters. The number of nitro benzene ring substituents is 1. The highest BCUT2D eigenvalue weighted by Gasteiger charge is 2.32. The lowest BCUT2D eigenvalue weighted by atomic mass is 10.0. The molecule has 1 aliphatic heterocycles. The second-order valence-corrected chi connectivity index (χ2v) is 7.32. The summed E-state index contributed by atoms with van der Waals surface area (Å²) in [4.78, 5) is 25.6. The van der Waals surface area contributed by atoms with E-state index >= 15 is 0 Å². The second-order valence-electron chi connectivity index (χ2n) is 7.32. The molecule has 1 N–H and O–H groups in total. The number of nitrogens with one attached hydrogen (secondary N) is 1. The molecule has 8 nitrogen and oxygen atoms in total. The van der Waals surface area contributed by atoms with Crippen molar-refractivity contribution in [2.45, 2.75) is 6.17 Å². The molecule has 0 aliphatic carbocycles. The molecule has 8 heteroatoms. The fraction of sp³-hybridized carbons (Fsp3) is 0.130. The molecule has 0 aromatic heterocycles. The number of carbonyl (C=O) groups is 1. The van der Waals surface area contributed by atoms with Gasteiger partial charge in [0.05, 0.1) is 16.7 Å². The molecule has 1 heterocycles. The Bertz CT molecular complexity index is 1140. The first kappa shape index (κ1) is 20.1. The van der Waals surface area contributed by atoms with Crippen LogP contribution in [-0.2, 0) is 0 Å². The molecule has 0 saturated carbocycles. The van der Waals surface area contributed by atoms with Gasteiger partial charge in [0.1, 0.15) is 0 Å². The van der Waals surface area contributed by atoms with Crippen molar-refractivity contribution in [3.8, 4) is 0 Å². The monoisotopic (exact) mass is 415 g/mol. The van der Waals surface area contributed by atoms with Gasteiger partial charge in [-0.05, 0) is 47.5 Å². The first-order chi connectivity index (χ1) is 14.9. The van der Waals surface area contributed by atoms with Crippen molar-refractivity contribution in [2.75, 3.05) is 24.3 Å². The summed E-state index contributed by atoms with van der Waals surface area (Å²) in [6.07, 6.45) is 1.03. The van der Waals surface area contributed by atoms with Crippen molar-refractivity contribution in [3.63, 3.8) is 0 Å². The number of amides is 1. The number of non-ortho nitro benzene ring substituents is 1. The second kappa shape index (κ2) is 8.27. The maximum Gasteiger partial charge on any atom is 0.278 e. The molecule has 1 aliphatic rings. The van der Waals surface area contributed by atoms with Crippen LogP contribution in [0.15, 0.2) is 77.9 Å². The van der Waals surface area contributed by atoms with E-state index < -0.39 is 11.1 Å². The number of anilines is 2. The van der Waals surface area contributed by atoms with Crippen LogP contribution in [0, 0.1) is 10.1 Å². The third kappa shape index (κ3) is 4.09. The van der Waals surface area contributed by atoms with E-state index in [1.165, 1.54) is 23.4 Å². The summed E-state index contributed by atoms with van der Waals surface area (Å²) in [6.45, 7) is 0. The molecule has 3 aromatic carbocycles. The SMILES string of the molecule is CN(C)c1ccc(C2Nc3ccccc3C(=O)N2/N=C/c2ccc([N+](=O)[O-])cc2)cc1. The molecule has 156 valence electrons. The molecule has 0 radical (unpaired) electrons. The third-order valence-electron chi connectivity index (χ3n) is 5.06. The van der Waals surface area contributed by atoms with E-state index in [4.69, 9.17) is 0 Å². The minimum absolute atomic E-state index is 0.000603. The zero-order chi connectivity index (χ0) is 22.0. The largest absolute Gasteiger partial charge is 0.378 e. The molecule has 0 fully saturated rings. The molecule has 0 bridgehead atoms. The third-order valence-corrected chi connectivity index (χ3v) is 5.06. The number of nitro groups is 1. The van der Waals surface area contributed by atoms with Gasteiger partial charge in [0.15, 0.2) is 6.17 Å². The summed E-state index contributed by atoms with van der Waals surface area (Å²) in [6, 6.07) is 21.2. The van der Waals surface area contributed by atoms with Gasteiger partial charge in [-0.2, -0.15) is 5.10 Å². The van der Waals surface area contributed by atoms with Gasteiger partial charge in [-0.3, -0.25) is 14.9 Å². The van der Waals surface area contributed by atoms with E-state index in [1.54, 1.807) is 18.2 Å². The molecule has 4 rings (SSSR count). The Kier molecular flexibility index (Phi) is 5.36. The van der Waals surface area contributed by atoms with Gasteiger partial charge in [-0.15, -0.1) is 0 Å². The smallest absolute Gasteiger partial charge is 0.278 e. The van der Waals surface area contributed by atoms with Crippen LogP contribution in [0.5, 0.6) is 0 Å². The Labute approximate surface area is 179 Å². The number of benzene rings is 3. The highest BCUT2D eigenvalue weighted by Crippen LogP contribution is 2.33. The summed E-state index contributed by atoms with van der Waals surface area (Å²) >= 11 is 0. The van der Waals surface area contributed by atoms with Crippen molar-refractivity contribution < 1.29 is 9.72 Å². The Morgan fingerprint density at radius 1 is 1.03 bits per heavy atom. The zero-order valence-electron chi connectivity index (χ0n) is 17.1. The molecule has 3 aromatic rings. The van der Waals surface area contributed by atoms with Crippen LogP contribution in [0.2, 0.25) is 0 Å². The highest BCUT2D eigenvalue weighted by atomic mass is 16.6. The van der Waals surface area contributed by atoms with Gasteiger partial charge >= 0.3 is 0 Å². The van der Waals surface area contributed by atoms with E-state index in [-0.39, 0.29) is 11.6 Å². The van der Waals surface area contributed by atoms with Crippen molar-refractivity contribution in [1.82, 2.24) is 5.01 Å². The van der Waals surface area contributed by atoms with Crippen LogP contribution in [0.3, 0.4) is 0 Å². The topological polar surface area (TPSA) is 91.1 Å². The average molecular weight is 415 g/mol. The number of nitrogens with zero attached hydrogens (tertiary/aromatic N) is 4. The molecule has 1 amide bonds. The van der Waals surface area contributed by atoms with Crippen LogP contribution in [0.4, 0.5) is 17.1 Å². The van der Waals surface area contributed by atoms with Gasteiger partial charge in [-0.1, -0.05) is 24.3 Å². The first-order valence-corrected chi connectivity index (χ1v) is 9.69. The maximum absolute atomic E-state index is 13.2. The molecular formula is C23H21N5O3. The van der Waals surface area contributed by atoms with Crippen molar-refractivity contribution >= 4 is 29.2 Å². The number of para-hydroxylation sites is 1. The normalized spacial score (nSPS) is 15.5. The maximum atomic E-state index is 13.2. The van der Waals surface area contributed by atoms with Gasteiger partial charge in [-0.25, -0.2) is 5.01 Å². The number of fused-ring (bicyclic) bond motifs is 1. The molecule has 0 saturated heterocycles. The summed E-state index contributed by atoms with van der Waals surface area (Å²) in [5.74, 6) is -0.228. The van der Waals surface area contributed by atoms with Crippen LogP contribution in [-0.4, -0.2) is 36.1 Å². The minimum atomic E-state index is -0.493. The number of hydrazone groups is 1. The van der Waals surface area contributed by atoms with Gasteiger partial charge < -0.3 is 10.2 Å². The average Bonchev–Trinajstić information content (AvgIpc) is 2.78. The van der Waals surface area contributed by atoms with E-state index in [0.29, 0.717) is 11.1 Å². The summed E-state index contributed by atoms with van der Waals surface area (Å²) in [5, 5.41) is 20.1. The Hall–Kier alpha value is -4.20. The number of rotatable bonds is 5. The lowest BCUT2D eigenvalue weighted by molar-refractivity contribution is -0.384. The van der Waals surface area contributed by atoms with Crippen LogP contribution in [0.25, 0.3) is 0 Å². The number of hydrogen-bond donors (Lipinski definition) is 1. The van der Waals surface area contributed by atoms with Crippen LogP contribution in [0.1, 0.15) is 27.7 Å². The first-order valence-electron chi connectivity index (χ1n) is 9.69. The summed E-state index contributed by atoms with van der Waals surface area (Å²) < 4.78 is 0. The zero-order valence-corrected chi connectivity index (χ0v) is 17.1. The fourth-order valence-electron chi connectivity index (χ4n) is 3.35. The number of hydrogen-bond acceptors (Lipinski definition) is 6. The molecule has 0 spiro atoms. The number of carbonyl (C=O) groups excluding carboxylic acids is 1. The van der Waals surface area contributed by atoms with Crippen molar-refractivity contribution in [3.05, 3.63) is 99.6 Å². The van der Waals surface area contributed by atoms with Gasteiger partial charge in [0.25, 0.3) is 11.6 Å². The van der Waals surface area contributed by atoms with Crippen LogP contribution >= 0.6 is 0 Å². The van der Waals surface area contributed by atoms with Crippen LogP contribution < -0.4 is 10.2 Å². The van der Waals surface area contributed by atoms with Crippen molar-refractivity contribution in [2.24, 2.45) is 5.10 Å². The van der Waals surface area contributed by atoms with Gasteiger partial charge in [0.2, 0.25) is 0 Å². The minimum Gasteiger partial charge on any atom is -0.378 e. The lowest BCUT2D eigenvalue weighted by Gasteiger charge is -2.34. The van der Waals surface area contributed by atoms with E-state index in [2.05, 4.69) is 10.4 Å². The Morgan fingerprint density at radius 3 is 2.35 bits per heavy atom.